The molecule has 1 aromatic carbocycles. The highest BCUT2D eigenvalue weighted by molar-refractivity contribution is 5.82. The van der Waals surface area contributed by atoms with Crippen molar-refractivity contribution in [3.63, 3.8) is 0 Å². The average Bonchev–Trinajstić information content (AvgIpc) is 2.73. The van der Waals surface area contributed by atoms with Gasteiger partial charge in [-0.3, -0.25) is 0 Å². The molecule has 3 rings (SSSR count). The second-order valence-corrected chi connectivity index (χ2v) is 3.46. The van der Waals surface area contributed by atoms with Crippen molar-refractivity contribution in [3.05, 3.63) is 42.7 Å². The minimum Gasteiger partial charge on any atom is -0.399 e. The van der Waals surface area contributed by atoms with E-state index in [4.69, 9.17) is 5.73 Å². The van der Waals surface area contributed by atoms with Crippen LogP contribution in [0.2, 0.25) is 0 Å². The minimum atomic E-state index is 0.683. The Morgan fingerprint density at radius 1 is 1.19 bits per heavy atom. The molecule has 2 heterocycles. The Kier molecular flexibility index (Phi) is 1.83. The highest BCUT2D eigenvalue weighted by Gasteiger charge is 2.05. The van der Waals surface area contributed by atoms with Crippen LogP contribution in [0.25, 0.3) is 16.7 Å². The van der Waals surface area contributed by atoms with E-state index in [1.807, 2.05) is 30.3 Å². The van der Waals surface area contributed by atoms with Crippen LogP contribution < -0.4 is 5.73 Å². The fourth-order valence-electron chi connectivity index (χ4n) is 1.62. The molecular formula is C11H9N5. The van der Waals surface area contributed by atoms with Gasteiger partial charge in [-0.15, -0.1) is 5.10 Å². The van der Waals surface area contributed by atoms with Gasteiger partial charge in [-0.2, -0.15) is 10.2 Å². The topological polar surface area (TPSA) is 69.6 Å². The Hall–Kier alpha value is -2.43. The van der Waals surface area contributed by atoms with Crippen LogP contribution in [0.15, 0.2) is 42.7 Å². The molecule has 0 aliphatic rings. The number of nitrogens with two attached hydrogens (primary N) is 1. The fraction of sp³-hybridized carbons (Fsp3) is 0. The molecule has 78 valence electrons. The Labute approximate surface area is 91.5 Å². The summed E-state index contributed by atoms with van der Waals surface area (Å²) in [7, 11) is 0. The number of benzene rings is 1. The van der Waals surface area contributed by atoms with E-state index in [1.165, 1.54) is 0 Å². The third-order valence-corrected chi connectivity index (χ3v) is 2.37. The first-order valence-electron chi connectivity index (χ1n) is 4.86. The Morgan fingerprint density at radius 3 is 2.94 bits per heavy atom. The average molecular weight is 211 g/mol. The van der Waals surface area contributed by atoms with Gasteiger partial charge in [-0.1, -0.05) is 0 Å². The predicted octanol–water partition coefficient (Wildman–Crippen LogP) is 1.40. The largest absolute Gasteiger partial charge is 0.399 e. The van der Waals surface area contributed by atoms with E-state index in [2.05, 4.69) is 15.3 Å². The quantitative estimate of drug-likeness (QED) is 0.617. The van der Waals surface area contributed by atoms with Crippen LogP contribution in [-0.2, 0) is 0 Å². The summed E-state index contributed by atoms with van der Waals surface area (Å²) in [5.41, 5.74) is 7.39. The zero-order valence-corrected chi connectivity index (χ0v) is 8.41. The first-order chi connectivity index (χ1) is 7.84. The first-order valence-corrected chi connectivity index (χ1v) is 4.86. The minimum absolute atomic E-state index is 0.683. The first kappa shape index (κ1) is 8.84. The molecule has 0 atom stereocenters. The molecule has 2 N–H and O–H groups in total. The maximum absolute atomic E-state index is 5.75. The zero-order valence-electron chi connectivity index (χ0n) is 8.41. The maximum Gasteiger partial charge on any atom is 0.176 e. The van der Waals surface area contributed by atoms with Crippen LogP contribution in [-0.4, -0.2) is 20.0 Å². The SMILES string of the molecule is Nc1ccc2cnn(-c3cccnn3)c2c1. The molecule has 0 radical (unpaired) electrons. The normalized spacial score (nSPS) is 10.8. The number of fused-ring (bicyclic) bond motifs is 1. The summed E-state index contributed by atoms with van der Waals surface area (Å²) >= 11 is 0. The molecule has 5 nitrogen and oxygen atoms in total. The van der Waals surface area contributed by atoms with E-state index in [0.717, 1.165) is 10.9 Å². The van der Waals surface area contributed by atoms with Gasteiger partial charge in [-0.05, 0) is 30.3 Å². The summed E-state index contributed by atoms with van der Waals surface area (Å²) in [6, 6.07) is 9.33. The number of nitrogens with zero attached hydrogens (tertiary/aromatic N) is 4. The van der Waals surface area contributed by atoms with Crippen LogP contribution in [0.3, 0.4) is 0 Å². The van der Waals surface area contributed by atoms with Crippen LogP contribution in [0.5, 0.6) is 0 Å². The predicted molar refractivity (Wildman–Crippen MR) is 61.1 cm³/mol. The molecule has 5 heteroatoms. The van der Waals surface area contributed by atoms with Crippen LogP contribution >= 0.6 is 0 Å². The third kappa shape index (κ3) is 1.30. The summed E-state index contributed by atoms with van der Waals surface area (Å²) < 4.78 is 1.72. The van der Waals surface area contributed by atoms with E-state index < -0.39 is 0 Å². The molecule has 0 saturated heterocycles. The van der Waals surface area contributed by atoms with Gasteiger partial charge in [0.1, 0.15) is 0 Å². The lowest BCUT2D eigenvalue weighted by Crippen LogP contribution is -2.00. The maximum atomic E-state index is 5.75. The summed E-state index contributed by atoms with van der Waals surface area (Å²) in [6.45, 7) is 0. The molecule has 3 aromatic rings. The van der Waals surface area contributed by atoms with Gasteiger partial charge in [0.05, 0.1) is 11.7 Å². The summed E-state index contributed by atoms with van der Waals surface area (Å²) in [5, 5.41) is 13.1. The van der Waals surface area contributed by atoms with E-state index in [1.54, 1.807) is 17.1 Å². The van der Waals surface area contributed by atoms with Crippen LogP contribution in [0, 0.1) is 0 Å². The Bertz CT molecular complexity index is 629. The van der Waals surface area contributed by atoms with Gasteiger partial charge >= 0.3 is 0 Å². The monoisotopic (exact) mass is 211 g/mol. The van der Waals surface area contributed by atoms with Crippen LogP contribution in [0.4, 0.5) is 5.69 Å². The summed E-state index contributed by atoms with van der Waals surface area (Å²) in [5.74, 6) is 0.683. The standard InChI is InChI=1S/C11H9N5/c12-9-4-3-8-7-14-16(10(8)6-9)11-2-1-5-13-15-11/h1-7H,12H2. The molecule has 16 heavy (non-hydrogen) atoms. The molecule has 0 aliphatic heterocycles. The van der Waals surface area contributed by atoms with Crippen LogP contribution in [0.1, 0.15) is 0 Å². The van der Waals surface area contributed by atoms with Gasteiger partial charge in [0.15, 0.2) is 5.82 Å². The fourth-order valence-corrected chi connectivity index (χ4v) is 1.62. The van der Waals surface area contributed by atoms with E-state index in [-0.39, 0.29) is 0 Å². The molecule has 0 fully saturated rings. The lowest BCUT2D eigenvalue weighted by molar-refractivity contribution is 0.836. The molecule has 0 saturated carbocycles. The lowest BCUT2D eigenvalue weighted by atomic mass is 10.2. The van der Waals surface area contributed by atoms with E-state index in [0.29, 0.717) is 11.5 Å². The number of hydrogen-bond acceptors (Lipinski definition) is 4. The Morgan fingerprint density at radius 2 is 2.12 bits per heavy atom. The molecule has 0 amide bonds. The molecule has 0 aliphatic carbocycles. The van der Waals surface area contributed by atoms with Crippen molar-refractivity contribution < 1.29 is 0 Å². The molecule has 2 aromatic heterocycles. The van der Waals surface area contributed by atoms with Gasteiger partial charge in [0, 0.05) is 17.3 Å². The highest BCUT2D eigenvalue weighted by Crippen LogP contribution is 2.19. The molecule has 0 bridgehead atoms. The number of anilines is 1. The van der Waals surface area contributed by atoms with E-state index >= 15 is 0 Å². The zero-order chi connectivity index (χ0) is 11.0. The number of rotatable bonds is 1. The van der Waals surface area contributed by atoms with Gasteiger partial charge in [-0.25, -0.2) is 4.68 Å². The third-order valence-electron chi connectivity index (χ3n) is 2.37. The van der Waals surface area contributed by atoms with Crippen molar-refractivity contribution in [1.82, 2.24) is 20.0 Å². The number of nitrogen functional groups attached to an aromatic ring is 1. The van der Waals surface area contributed by atoms with Crippen molar-refractivity contribution in [2.75, 3.05) is 5.73 Å². The Balaban J connectivity index is 2.29. The highest BCUT2D eigenvalue weighted by atomic mass is 15.3. The van der Waals surface area contributed by atoms with Crippen molar-refractivity contribution in [1.29, 1.82) is 0 Å². The number of hydrogen-bond donors (Lipinski definition) is 1. The summed E-state index contributed by atoms with van der Waals surface area (Å²) in [4.78, 5) is 0. The lowest BCUT2D eigenvalue weighted by Gasteiger charge is -2.01. The van der Waals surface area contributed by atoms with Crippen molar-refractivity contribution in [2.24, 2.45) is 0 Å². The van der Waals surface area contributed by atoms with Crippen molar-refractivity contribution >= 4 is 16.6 Å². The van der Waals surface area contributed by atoms with Crippen molar-refractivity contribution in [2.45, 2.75) is 0 Å². The van der Waals surface area contributed by atoms with Crippen molar-refractivity contribution in [3.8, 4) is 5.82 Å². The number of aromatic nitrogens is 4. The van der Waals surface area contributed by atoms with Gasteiger partial charge in [0.25, 0.3) is 0 Å². The second kappa shape index (κ2) is 3.30. The van der Waals surface area contributed by atoms with E-state index in [9.17, 15) is 0 Å². The van der Waals surface area contributed by atoms with Gasteiger partial charge < -0.3 is 5.73 Å². The van der Waals surface area contributed by atoms with Gasteiger partial charge in [0.2, 0.25) is 0 Å². The summed E-state index contributed by atoms with van der Waals surface area (Å²) in [6.07, 6.45) is 3.41. The molecule has 0 spiro atoms. The molecule has 0 unspecified atom stereocenters. The second-order valence-electron chi connectivity index (χ2n) is 3.46. The molecular weight excluding hydrogens is 202 g/mol. The smallest absolute Gasteiger partial charge is 0.176 e.